The van der Waals surface area contributed by atoms with E-state index in [9.17, 15) is 5.11 Å². The van der Waals surface area contributed by atoms with Crippen molar-refractivity contribution in [2.24, 2.45) is 5.73 Å². The summed E-state index contributed by atoms with van der Waals surface area (Å²) in [6.45, 7) is 3.81. The van der Waals surface area contributed by atoms with Gasteiger partial charge in [-0.25, -0.2) is 0 Å². The van der Waals surface area contributed by atoms with Crippen molar-refractivity contribution in [1.29, 1.82) is 0 Å². The average molecular weight is 350 g/mol. The van der Waals surface area contributed by atoms with Gasteiger partial charge in [0.15, 0.2) is 0 Å². The lowest BCUT2D eigenvalue weighted by atomic mass is 9.97. The molecule has 2 aromatic carbocycles. The molecule has 0 bridgehead atoms. The number of rotatable bonds is 5. The zero-order valence-electron chi connectivity index (χ0n) is 12.2. The summed E-state index contributed by atoms with van der Waals surface area (Å²) in [5.41, 5.74) is 6.65. The second-order valence-corrected chi connectivity index (χ2v) is 6.32. The zero-order valence-corrected chi connectivity index (χ0v) is 13.8. The molecule has 0 heterocycles. The van der Waals surface area contributed by atoms with Crippen LogP contribution < -0.4 is 10.5 Å². The van der Waals surface area contributed by atoms with Crippen LogP contribution in [0.15, 0.2) is 53.0 Å². The Kier molecular flexibility index (Phi) is 5.04. The van der Waals surface area contributed by atoms with E-state index in [4.69, 9.17) is 10.5 Å². The van der Waals surface area contributed by atoms with E-state index < -0.39 is 5.60 Å². The van der Waals surface area contributed by atoms with Crippen LogP contribution in [0.25, 0.3) is 0 Å². The lowest BCUT2D eigenvalue weighted by Gasteiger charge is -2.25. The topological polar surface area (TPSA) is 55.5 Å². The van der Waals surface area contributed by atoms with Gasteiger partial charge in [-0.1, -0.05) is 46.3 Å². The van der Waals surface area contributed by atoms with Gasteiger partial charge in [-0.3, -0.25) is 0 Å². The van der Waals surface area contributed by atoms with Gasteiger partial charge in [-0.15, -0.1) is 0 Å². The standard InChI is InChI=1S/C17H20BrNO2/c1-12(19)15-10-14(18)8-9-16(15)21-11-17(2,20)13-6-4-3-5-7-13/h3-10,12,20H,11,19H2,1-2H3. The SMILES string of the molecule is CC(N)c1cc(Br)ccc1OCC(C)(O)c1ccccc1. The average Bonchev–Trinajstić information content (AvgIpc) is 2.47. The fraction of sp³-hybridized carbons (Fsp3) is 0.294. The second kappa shape index (κ2) is 6.60. The van der Waals surface area contributed by atoms with Crippen molar-refractivity contribution in [2.45, 2.75) is 25.5 Å². The first-order valence-corrected chi connectivity index (χ1v) is 7.65. The Morgan fingerprint density at radius 3 is 2.52 bits per heavy atom. The van der Waals surface area contributed by atoms with Crippen LogP contribution >= 0.6 is 15.9 Å². The molecular weight excluding hydrogens is 330 g/mol. The molecule has 0 amide bonds. The number of hydrogen-bond acceptors (Lipinski definition) is 3. The fourth-order valence-corrected chi connectivity index (χ4v) is 2.48. The first kappa shape index (κ1) is 16.0. The monoisotopic (exact) mass is 349 g/mol. The third-order valence-corrected chi connectivity index (χ3v) is 3.86. The Bertz CT molecular complexity index is 597. The molecule has 21 heavy (non-hydrogen) atoms. The molecule has 0 aromatic heterocycles. The highest BCUT2D eigenvalue weighted by Crippen LogP contribution is 2.29. The summed E-state index contributed by atoms with van der Waals surface area (Å²) >= 11 is 3.43. The van der Waals surface area contributed by atoms with Crippen LogP contribution in [0.4, 0.5) is 0 Å². The van der Waals surface area contributed by atoms with E-state index in [1.165, 1.54) is 0 Å². The van der Waals surface area contributed by atoms with E-state index >= 15 is 0 Å². The Morgan fingerprint density at radius 1 is 1.24 bits per heavy atom. The third-order valence-electron chi connectivity index (χ3n) is 3.37. The highest BCUT2D eigenvalue weighted by Gasteiger charge is 2.24. The summed E-state index contributed by atoms with van der Waals surface area (Å²) in [5, 5.41) is 10.6. The molecule has 4 heteroatoms. The normalized spacial score (nSPS) is 15.3. The highest BCUT2D eigenvalue weighted by atomic mass is 79.9. The lowest BCUT2D eigenvalue weighted by Crippen LogP contribution is -2.29. The first-order valence-electron chi connectivity index (χ1n) is 6.86. The van der Waals surface area contributed by atoms with Gasteiger partial charge >= 0.3 is 0 Å². The van der Waals surface area contributed by atoms with E-state index in [0.29, 0.717) is 5.75 Å². The van der Waals surface area contributed by atoms with Gasteiger partial charge in [-0.05, 0) is 37.6 Å². The summed E-state index contributed by atoms with van der Waals surface area (Å²) in [5.74, 6) is 0.699. The molecule has 0 saturated heterocycles. The molecule has 0 aliphatic heterocycles. The Hall–Kier alpha value is -1.36. The molecular formula is C17H20BrNO2. The molecule has 0 radical (unpaired) electrons. The fourth-order valence-electron chi connectivity index (χ4n) is 2.11. The highest BCUT2D eigenvalue weighted by molar-refractivity contribution is 9.10. The van der Waals surface area contributed by atoms with E-state index in [0.717, 1.165) is 15.6 Å². The summed E-state index contributed by atoms with van der Waals surface area (Å²) in [4.78, 5) is 0. The van der Waals surface area contributed by atoms with Gasteiger partial charge in [0.1, 0.15) is 18.0 Å². The lowest BCUT2D eigenvalue weighted by molar-refractivity contribution is 0.00721. The minimum Gasteiger partial charge on any atom is -0.490 e. The van der Waals surface area contributed by atoms with Crippen LogP contribution in [-0.2, 0) is 5.60 Å². The number of benzene rings is 2. The minimum atomic E-state index is -1.05. The number of aliphatic hydroxyl groups is 1. The maximum atomic E-state index is 10.6. The molecule has 0 saturated carbocycles. The number of ether oxygens (including phenoxy) is 1. The smallest absolute Gasteiger partial charge is 0.124 e. The third kappa shape index (κ3) is 4.06. The van der Waals surface area contributed by atoms with Crippen molar-refractivity contribution in [3.05, 3.63) is 64.1 Å². The van der Waals surface area contributed by atoms with Crippen LogP contribution in [-0.4, -0.2) is 11.7 Å². The molecule has 112 valence electrons. The minimum absolute atomic E-state index is 0.140. The van der Waals surface area contributed by atoms with Crippen LogP contribution in [0.2, 0.25) is 0 Å². The number of hydrogen-bond donors (Lipinski definition) is 2. The van der Waals surface area contributed by atoms with Gasteiger partial charge in [-0.2, -0.15) is 0 Å². The van der Waals surface area contributed by atoms with Gasteiger partial charge in [0, 0.05) is 16.1 Å². The molecule has 2 unspecified atom stereocenters. The molecule has 2 aromatic rings. The Morgan fingerprint density at radius 2 is 1.90 bits per heavy atom. The van der Waals surface area contributed by atoms with Gasteiger partial charge in [0.2, 0.25) is 0 Å². The van der Waals surface area contributed by atoms with Gasteiger partial charge in [0.25, 0.3) is 0 Å². The molecule has 0 aliphatic rings. The Balaban J connectivity index is 2.16. The van der Waals surface area contributed by atoms with Crippen molar-refractivity contribution in [2.75, 3.05) is 6.61 Å². The van der Waals surface area contributed by atoms with E-state index in [-0.39, 0.29) is 12.6 Å². The Labute approximate surface area is 133 Å². The summed E-state index contributed by atoms with van der Waals surface area (Å²) in [6, 6.07) is 15.1. The van der Waals surface area contributed by atoms with Gasteiger partial charge < -0.3 is 15.6 Å². The molecule has 0 fully saturated rings. The summed E-state index contributed by atoms with van der Waals surface area (Å²) < 4.78 is 6.78. The maximum absolute atomic E-state index is 10.6. The van der Waals surface area contributed by atoms with E-state index in [1.807, 2.05) is 55.5 Å². The molecule has 3 N–H and O–H groups in total. The van der Waals surface area contributed by atoms with Crippen LogP contribution in [0, 0.1) is 0 Å². The predicted molar refractivity (Wildman–Crippen MR) is 88.3 cm³/mol. The number of halogens is 1. The molecule has 2 atom stereocenters. The second-order valence-electron chi connectivity index (χ2n) is 5.40. The van der Waals surface area contributed by atoms with Gasteiger partial charge in [0.05, 0.1) is 0 Å². The van der Waals surface area contributed by atoms with Crippen LogP contribution in [0.3, 0.4) is 0 Å². The first-order chi connectivity index (χ1) is 9.90. The molecule has 0 spiro atoms. The zero-order chi connectivity index (χ0) is 15.5. The molecule has 0 aliphatic carbocycles. The van der Waals surface area contributed by atoms with Crippen molar-refractivity contribution >= 4 is 15.9 Å². The van der Waals surface area contributed by atoms with Crippen molar-refractivity contribution in [3.63, 3.8) is 0 Å². The maximum Gasteiger partial charge on any atom is 0.124 e. The van der Waals surface area contributed by atoms with E-state index in [2.05, 4.69) is 15.9 Å². The van der Waals surface area contributed by atoms with E-state index in [1.54, 1.807) is 6.92 Å². The number of nitrogens with two attached hydrogens (primary N) is 1. The quantitative estimate of drug-likeness (QED) is 0.863. The van der Waals surface area contributed by atoms with Crippen LogP contribution in [0.1, 0.15) is 31.0 Å². The summed E-state index contributed by atoms with van der Waals surface area (Å²) in [7, 11) is 0. The predicted octanol–water partition coefficient (Wildman–Crippen LogP) is 3.76. The largest absolute Gasteiger partial charge is 0.490 e. The van der Waals surface area contributed by atoms with Crippen molar-refractivity contribution in [3.8, 4) is 5.75 Å². The molecule has 2 rings (SSSR count). The van der Waals surface area contributed by atoms with Crippen molar-refractivity contribution < 1.29 is 9.84 Å². The molecule has 3 nitrogen and oxygen atoms in total. The van der Waals surface area contributed by atoms with Crippen LogP contribution in [0.5, 0.6) is 5.75 Å². The van der Waals surface area contributed by atoms with Crippen molar-refractivity contribution in [1.82, 2.24) is 0 Å². The summed E-state index contributed by atoms with van der Waals surface area (Å²) in [6.07, 6.45) is 0.